The van der Waals surface area contributed by atoms with Gasteiger partial charge in [-0.3, -0.25) is 0 Å². The predicted molar refractivity (Wildman–Crippen MR) is 57.2 cm³/mol. The standard InChI is InChI=1S/C11H22N2O/c14-5-3-1-2-4-13-8-10-6-12-7-11(10)9-13/h10-12,14H,1-9H2. The molecule has 14 heavy (non-hydrogen) atoms. The smallest absolute Gasteiger partial charge is 0.0431 e. The Labute approximate surface area is 86.5 Å². The molecule has 3 heteroatoms. The highest BCUT2D eigenvalue weighted by Gasteiger charge is 2.35. The molecule has 2 rings (SSSR count). The minimum atomic E-state index is 0.356. The van der Waals surface area contributed by atoms with Gasteiger partial charge in [-0.25, -0.2) is 0 Å². The van der Waals surface area contributed by atoms with Crippen LogP contribution in [0.3, 0.4) is 0 Å². The number of hydrogen-bond acceptors (Lipinski definition) is 3. The molecule has 2 aliphatic rings. The topological polar surface area (TPSA) is 35.5 Å². The average molecular weight is 198 g/mol. The second-order valence-corrected chi connectivity index (χ2v) is 4.72. The molecule has 0 aliphatic carbocycles. The Kier molecular flexibility index (Phi) is 3.79. The maximum absolute atomic E-state index is 8.67. The lowest BCUT2D eigenvalue weighted by atomic mass is 10.0. The second kappa shape index (κ2) is 5.10. The van der Waals surface area contributed by atoms with Crippen LogP contribution < -0.4 is 5.32 Å². The van der Waals surface area contributed by atoms with E-state index in [9.17, 15) is 0 Å². The summed E-state index contributed by atoms with van der Waals surface area (Å²) in [5, 5.41) is 12.1. The van der Waals surface area contributed by atoms with E-state index in [1.54, 1.807) is 0 Å². The quantitative estimate of drug-likeness (QED) is 0.624. The number of nitrogens with one attached hydrogen (secondary N) is 1. The number of likely N-dealkylation sites (tertiary alicyclic amines) is 1. The Morgan fingerprint density at radius 1 is 1.07 bits per heavy atom. The fourth-order valence-corrected chi connectivity index (χ4v) is 2.76. The fraction of sp³-hybridized carbons (Fsp3) is 1.00. The zero-order chi connectivity index (χ0) is 9.80. The van der Waals surface area contributed by atoms with Gasteiger partial charge in [0.25, 0.3) is 0 Å². The third-order valence-corrected chi connectivity index (χ3v) is 3.60. The van der Waals surface area contributed by atoms with Crippen molar-refractivity contribution in [2.75, 3.05) is 39.3 Å². The number of unbranched alkanes of at least 4 members (excludes halogenated alkanes) is 2. The van der Waals surface area contributed by atoms with E-state index in [1.807, 2.05) is 0 Å². The molecule has 2 fully saturated rings. The van der Waals surface area contributed by atoms with Gasteiger partial charge in [0.15, 0.2) is 0 Å². The summed E-state index contributed by atoms with van der Waals surface area (Å²) in [6.45, 7) is 6.67. The van der Waals surface area contributed by atoms with Crippen molar-refractivity contribution >= 4 is 0 Å². The largest absolute Gasteiger partial charge is 0.396 e. The first-order valence-electron chi connectivity index (χ1n) is 5.94. The molecule has 0 radical (unpaired) electrons. The molecule has 0 bridgehead atoms. The van der Waals surface area contributed by atoms with Gasteiger partial charge >= 0.3 is 0 Å². The predicted octanol–water partition coefficient (Wildman–Crippen LogP) is 0.300. The Morgan fingerprint density at radius 3 is 2.43 bits per heavy atom. The first kappa shape index (κ1) is 10.4. The maximum atomic E-state index is 8.67. The molecular formula is C11H22N2O. The minimum absolute atomic E-state index is 0.356. The van der Waals surface area contributed by atoms with Gasteiger partial charge < -0.3 is 15.3 Å². The van der Waals surface area contributed by atoms with Gasteiger partial charge in [-0.1, -0.05) is 0 Å². The summed E-state index contributed by atoms with van der Waals surface area (Å²) in [6.07, 6.45) is 3.41. The Hall–Kier alpha value is -0.120. The third-order valence-electron chi connectivity index (χ3n) is 3.60. The molecule has 0 aromatic rings. The SMILES string of the molecule is OCCCCCN1CC2CNCC2C1. The highest BCUT2D eigenvalue weighted by molar-refractivity contribution is 4.90. The van der Waals surface area contributed by atoms with Gasteiger partial charge in [0.1, 0.15) is 0 Å². The van der Waals surface area contributed by atoms with Crippen molar-refractivity contribution < 1.29 is 5.11 Å². The summed E-state index contributed by atoms with van der Waals surface area (Å²) in [5.74, 6) is 1.85. The van der Waals surface area contributed by atoms with Gasteiger partial charge in [-0.05, 0) is 50.7 Å². The van der Waals surface area contributed by atoms with Gasteiger partial charge in [0, 0.05) is 19.7 Å². The zero-order valence-corrected chi connectivity index (χ0v) is 8.91. The van der Waals surface area contributed by atoms with Crippen LogP contribution in [0.4, 0.5) is 0 Å². The van der Waals surface area contributed by atoms with Gasteiger partial charge in [0.2, 0.25) is 0 Å². The van der Waals surface area contributed by atoms with Crippen LogP contribution >= 0.6 is 0 Å². The molecule has 0 saturated carbocycles. The van der Waals surface area contributed by atoms with Gasteiger partial charge in [-0.2, -0.15) is 0 Å². The number of rotatable bonds is 5. The molecule has 0 aromatic heterocycles. The van der Waals surface area contributed by atoms with Crippen LogP contribution in [0.2, 0.25) is 0 Å². The highest BCUT2D eigenvalue weighted by atomic mass is 16.2. The first-order chi connectivity index (χ1) is 6.90. The summed E-state index contributed by atoms with van der Waals surface area (Å²) in [5.41, 5.74) is 0. The molecular weight excluding hydrogens is 176 g/mol. The van der Waals surface area contributed by atoms with E-state index < -0.39 is 0 Å². The molecule has 2 heterocycles. The van der Waals surface area contributed by atoms with Crippen LogP contribution in [-0.2, 0) is 0 Å². The van der Waals surface area contributed by atoms with Crippen LogP contribution in [0, 0.1) is 11.8 Å². The van der Waals surface area contributed by atoms with E-state index in [4.69, 9.17) is 5.11 Å². The van der Waals surface area contributed by atoms with Crippen molar-refractivity contribution in [3.05, 3.63) is 0 Å². The molecule has 2 N–H and O–H groups in total. The molecule has 0 amide bonds. The van der Waals surface area contributed by atoms with Crippen LogP contribution in [0.5, 0.6) is 0 Å². The van der Waals surface area contributed by atoms with E-state index >= 15 is 0 Å². The van der Waals surface area contributed by atoms with Crippen molar-refractivity contribution in [2.24, 2.45) is 11.8 Å². The molecule has 0 spiro atoms. The first-order valence-corrected chi connectivity index (χ1v) is 5.94. The lowest BCUT2D eigenvalue weighted by molar-refractivity contribution is 0.268. The summed E-state index contributed by atoms with van der Waals surface area (Å²) >= 11 is 0. The number of fused-ring (bicyclic) bond motifs is 1. The van der Waals surface area contributed by atoms with Crippen molar-refractivity contribution in [3.8, 4) is 0 Å². The van der Waals surface area contributed by atoms with E-state index in [-0.39, 0.29) is 0 Å². The fourth-order valence-electron chi connectivity index (χ4n) is 2.76. The highest BCUT2D eigenvalue weighted by Crippen LogP contribution is 2.26. The lowest BCUT2D eigenvalue weighted by Gasteiger charge is -2.16. The van der Waals surface area contributed by atoms with E-state index in [1.165, 1.54) is 45.6 Å². The molecule has 2 atom stereocenters. The Bertz CT molecular complexity index is 163. The zero-order valence-electron chi connectivity index (χ0n) is 8.91. The number of hydrogen-bond donors (Lipinski definition) is 2. The van der Waals surface area contributed by atoms with E-state index in [2.05, 4.69) is 10.2 Å². The summed E-state index contributed by atoms with van der Waals surface area (Å²) in [6, 6.07) is 0. The van der Waals surface area contributed by atoms with Crippen molar-refractivity contribution in [3.63, 3.8) is 0 Å². The summed E-state index contributed by atoms with van der Waals surface area (Å²) < 4.78 is 0. The second-order valence-electron chi connectivity index (χ2n) is 4.72. The monoisotopic (exact) mass is 198 g/mol. The molecule has 2 unspecified atom stereocenters. The van der Waals surface area contributed by atoms with Crippen LogP contribution in [0.25, 0.3) is 0 Å². The third kappa shape index (κ3) is 2.47. The molecule has 0 aromatic carbocycles. The average Bonchev–Trinajstić information content (AvgIpc) is 2.72. The van der Waals surface area contributed by atoms with Crippen LogP contribution in [-0.4, -0.2) is 49.3 Å². The molecule has 82 valence electrons. The minimum Gasteiger partial charge on any atom is -0.396 e. The number of aliphatic hydroxyl groups is 1. The molecule has 2 saturated heterocycles. The summed E-state index contributed by atoms with van der Waals surface area (Å²) in [4.78, 5) is 2.60. The molecule has 3 nitrogen and oxygen atoms in total. The van der Waals surface area contributed by atoms with Gasteiger partial charge in [-0.15, -0.1) is 0 Å². The number of aliphatic hydroxyl groups excluding tert-OH is 1. The van der Waals surface area contributed by atoms with Gasteiger partial charge in [0.05, 0.1) is 0 Å². The Morgan fingerprint density at radius 2 is 1.79 bits per heavy atom. The normalized spacial score (nSPS) is 32.4. The van der Waals surface area contributed by atoms with E-state index in [0.717, 1.165) is 18.3 Å². The Balaban J connectivity index is 1.60. The van der Waals surface area contributed by atoms with E-state index in [0.29, 0.717) is 6.61 Å². The van der Waals surface area contributed by atoms with Crippen molar-refractivity contribution in [2.45, 2.75) is 19.3 Å². The maximum Gasteiger partial charge on any atom is 0.0431 e. The number of nitrogens with zero attached hydrogens (tertiary/aromatic N) is 1. The van der Waals surface area contributed by atoms with Crippen LogP contribution in [0.15, 0.2) is 0 Å². The summed E-state index contributed by atoms with van der Waals surface area (Å²) in [7, 11) is 0. The van der Waals surface area contributed by atoms with Crippen molar-refractivity contribution in [1.82, 2.24) is 10.2 Å². The van der Waals surface area contributed by atoms with Crippen LogP contribution in [0.1, 0.15) is 19.3 Å². The molecule has 2 aliphatic heterocycles. The lowest BCUT2D eigenvalue weighted by Crippen LogP contribution is -2.26. The van der Waals surface area contributed by atoms with Crippen molar-refractivity contribution in [1.29, 1.82) is 0 Å².